The van der Waals surface area contributed by atoms with Gasteiger partial charge < -0.3 is 14.8 Å². The van der Waals surface area contributed by atoms with Crippen molar-refractivity contribution in [1.82, 2.24) is 9.29 Å². The van der Waals surface area contributed by atoms with E-state index in [2.05, 4.69) is 9.72 Å². The number of nitrogens with zero attached hydrogens (tertiary/aromatic N) is 1. The molecule has 1 aliphatic heterocycles. The predicted octanol–water partition coefficient (Wildman–Crippen LogP) is 0.287. The summed E-state index contributed by atoms with van der Waals surface area (Å²) in [4.78, 5) is 24.5. The average molecular weight is 316 g/mol. The number of hydrogen-bond acceptors (Lipinski definition) is 5. The third-order valence-electron chi connectivity index (χ3n) is 3.51. The number of carboxylic acid groups (broad SMARTS) is 1. The number of aromatic nitrogens is 1. The number of aromatic amines is 1. The SMILES string of the molecule is COC(=O)C1CCN(S(=O)(=O)c2c[nH]c(C(=O)O)c2)CC1. The molecule has 1 aromatic heterocycles. The molecule has 1 fully saturated rings. The molecule has 0 bridgehead atoms. The van der Waals surface area contributed by atoms with Crippen molar-refractivity contribution in [2.45, 2.75) is 17.7 Å². The van der Waals surface area contributed by atoms with Crippen molar-refractivity contribution in [3.8, 4) is 0 Å². The zero-order chi connectivity index (χ0) is 15.6. The van der Waals surface area contributed by atoms with Crippen molar-refractivity contribution < 1.29 is 27.9 Å². The molecule has 0 radical (unpaired) electrons. The van der Waals surface area contributed by atoms with Crippen molar-refractivity contribution in [2.24, 2.45) is 5.92 Å². The number of nitrogens with one attached hydrogen (secondary N) is 1. The maximum absolute atomic E-state index is 12.4. The first-order chi connectivity index (χ1) is 9.86. The van der Waals surface area contributed by atoms with Gasteiger partial charge in [0.15, 0.2) is 0 Å². The smallest absolute Gasteiger partial charge is 0.352 e. The third-order valence-corrected chi connectivity index (χ3v) is 5.39. The Morgan fingerprint density at radius 3 is 2.48 bits per heavy atom. The number of piperidine rings is 1. The molecule has 2 N–H and O–H groups in total. The molecule has 21 heavy (non-hydrogen) atoms. The van der Waals surface area contributed by atoms with Crippen LogP contribution in [0.4, 0.5) is 0 Å². The Kier molecular flexibility index (Phi) is 4.33. The van der Waals surface area contributed by atoms with Crippen LogP contribution in [0.15, 0.2) is 17.2 Å². The van der Waals surface area contributed by atoms with E-state index in [0.717, 1.165) is 12.3 Å². The first kappa shape index (κ1) is 15.5. The van der Waals surface area contributed by atoms with Gasteiger partial charge in [-0.25, -0.2) is 13.2 Å². The second kappa shape index (κ2) is 5.86. The minimum Gasteiger partial charge on any atom is -0.477 e. The number of carbonyl (C=O) groups is 2. The number of hydrogen-bond donors (Lipinski definition) is 2. The van der Waals surface area contributed by atoms with Crippen molar-refractivity contribution in [1.29, 1.82) is 0 Å². The number of rotatable bonds is 4. The lowest BCUT2D eigenvalue weighted by atomic mass is 9.99. The molecule has 116 valence electrons. The molecular weight excluding hydrogens is 300 g/mol. The summed E-state index contributed by atoms with van der Waals surface area (Å²) in [5, 5.41) is 8.81. The van der Waals surface area contributed by atoms with Crippen LogP contribution in [0.5, 0.6) is 0 Å². The summed E-state index contributed by atoms with van der Waals surface area (Å²) in [6.45, 7) is 0.408. The zero-order valence-electron chi connectivity index (χ0n) is 11.4. The minimum absolute atomic E-state index is 0.0866. The molecule has 0 amide bonds. The lowest BCUT2D eigenvalue weighted by Gasteiger charge is -2.29. The van der Waals surface area contributed by atoms with E-state index in [9.17, 15) is 18.0 Å². The molecule has 1 aromatic rings. The average Bonchev–Trinajstić information content (AvgIpc) is 2.97. The highest BCUT2D eigenvalue weighted by Gasteiger charge is 2.33. The lowest BCUT2D eigenvalue weighted by Crippen LogP contribution is -2.40. The molecule has 0 atom stereocenters. The number of carbonyl (C=O) groups excluding carboxylic acids is 1. The number of H-pyrrole nitrogens is 1. The van der Waals surface area contributed by atoms with Crippen LogP contribution in [0.3, 0.4) is 0 Å². The predicted molar refractivity (Wildman–Crippen MR) is 71.3 cm³/mol. The van der Waals surface area contributed by atoms with Crippen LogP contribution in [0.1, 0.15) is 23.3 Å². The van der Waals surface area contributed by atoms with Gasteiger partial charge in [-0.3, -0.25) is 4.79 Å². The Bertz CT molecular complexity index is 642. The van der Waals surface area contributed by atoms with Gasteiger partial charge in [0.1, 0.15) is 10.6 Å². The Labute approximate surface area is 121 Å². The van der Waals surface area contributed by atoms with E-state index in [1.807, 2.05) is 0 Å². The maximum atomic E-state index is 12.4. The molecule has 0 saturated carbocycles. The first-order valence-corrected chi connectivity index (χ1v) is 7.80. The number of aromatic carboxylic acids is 1. The van der Waals surface area contributed by atoms with Crippen molar-refractivity contribution in [3.63, 3.8) is 0 Å². The Balaban J connectivity index is 2.11. The summed E-state index contributed by atoms with van der Waals surface area (Å²) >= 11 is 0. The molecule has 0 spiro atoms. The largest absolute Gasteiger partial charge is 0.477 e. The lowest BCUT2D eigenvalue weighted by molar-refractivity contribution is -0.146. The van der Waals surface area contributed by atoms with Gasteiger partial charge in [0, 0.05) is 19.3 Å². The van der Waals surface area contributed by atoms with Gasteiger partial charge >= 0.3 is 11.9 Å². The van der Waals surface area contributed by atoms with E-state index in [-0.39, 0.29) is 35.6 Å². The zero-order valence-corrected chi connectivity index (χ0v) is 12.2. The molecule has 8 nitrogen and oxygen atoms in total. The highest BCUT2D eigenvalue weighted by Crippen LogP contribution is 2.24. The van der Waals surface area contributed by atoms with Crippen molar-refractivity contribution in [2.75, 3.05) is 20.2 Å². The maximum Gasteiger partial charge on any atom is 0.352 e. The second-order valence-electron chi connectivity index (χ2n) is 4.76. The van der Waals surface area contributed by atoms with Gasteiger partial charge in [0.2, 0.25) is 10.0 Å². The van der Waals surface area contributed by atoms with Crippen molar-refractivity contribution >= 4 is 22.0 Å². The molecule has 2 rings (SSSR count). The molecule has 0 aromatic carbocycles. The van der Waals surface area contributed by atoms with E-state index < -0.39 is 16.0 Å². The molecule has 0 aliphatic carbocycles. The summed E-state index contributed by atoms with van der Waals surface area (Å²) in [6, 6.07) is 1.09. The van der Waals surface area contributed by atoms with Gasteiger partial charge in [-0.05, 0) is 18.9 Å². The second-order valence-corrected chi connectivity index (χ2v) is 6.69. The van der Waals surface area contributed by atoms with Crippen LogP contribution >= 0.6 is 0 Å². The summed E-state index contributed by atoms with van der Waals surface area (Å²) in [5.41, 5.74) is -0.182. The molecule has 0 unspecified atom stereocenters. The van der Waals surface area contributed by atoms with Crippen LogP contribution in [0.25, 0.3) is 0 Å². The van der Waals surface area contributed by atoms with E-state index in [1.54, 1.807) is 0 Å². The Hall–Kier alpha value is -1.87. The first-order valence-electron chi connectivity index (χ1n) is 6.36. The number of esters is 1. The van der Waals surface area contributed by atoms with Gasteiger partial charge in [0.25, 0.3) is 0 Å². The summed E-state index contributed by atoms with van der Waals surface area (Å²) in [6.07, 6.45) is 1.94. The van der Waals surface area contributed by atoms with Gasteiger partial charge in [-0.15, -0.1) is 0 Å². The van der Waals surface area contributed by atoms with Crippen LogP contribution in [-0.2, 0) is 19.6 Å². The van der Waals surface area contributed by atoms with Crippen molar-refractivity contribution in [3.05, 3.63) is 18.0 Å². The van der Waals surface area contributed by atoms with Crippen LogP contribution < -0.4 is 0 Å². The van der Waals surface area contributed by atoms with E-state index in [0.29, 0.717) is 12.8 Å². The van der Waals surface area contributed by atoms with Gasteiger partial charge in [-0.1, -0.05) is 0 Å². The fourth-order valence-corrected chi connectivity index (χ4v) is 3.76. The van der Waals surface area contributed by atoms with E-state index >= 15 is 0 Å². The number of carboxylic acids is 1. The topological polar surface area (TPSA) is 117 Å². The number of ether oxygens (including phenoxy) is 1. The summed E-state index contributed by atoms with van der Waals surface area (Å²) < 4.78 is 30.6. The standard InChI is InChI=1S/C12H16N2O6S/c1-20-12(17)8-2-4-14(5-3-8)21(18,19)9-6-10(11(15)16)13-7-9/h6-8,13H,2-5H2,1H3,(H,15,16). The van der Waals surface area contributed by atoms with Crippen LogP contribution in [0.2, 0.25) is 0 Å². The molecule has 1 saturated heterocycles. The third kappa shape index (κ3) is 3.08. The fraction of sp³-hybridized carbons (Fsp3) is 0.500. The monoisotopic (exact) mass is 316 g/mol. The van der Waals surface area contributed by atoms with Crippen LogP contribution in [0, 0.1) is 5.92 Å². The highest BCUT2D eigenvalue weighted by atomic mass is 32.2. The van der Waals surface area contributed by atoms with E-state index in [4.69, 9.17) is 5.11 Å². The fourth-order valence-electron chi connectivity index (χ4n) is 2.29. The van der Waals surface area contributed by atoms with E-state index in [1.165, 1.54) is 11.4 Å². The quantitative estimate of drug-likeness (QED) is 0.771. The molecule has 2 heterocycles. The summed E-state index contributed by atoms with van der Waals surface area (Å²) in [7, 11) is -2.44. The van der Waals surface area contributed by atoms with Gasteiger partial charge in [-0.2, -0.15) is 4.31 Å². The van der Waals surface area contributed by atoms with Crippen LogP contribution in [-0.4, -0.2) is 55.0 Å². The Morgan fingerprint density at radius 2 is 2.00 bits per heavy atom. The molecular formula is C12H16N2O6S. The minimum atomic E-state index is -3.74. The number of methoxy groups -OCH3 is 1. The Morgan fingerprint density at radius 1 is 1.38 bits per heavy atom. The summed E-state index contributed by atoms with van der Waals surface area (Å²) in [5.74, 6) is -1.84. The highest BCUT2D eigenvalue weighted by molar-refractivity contribution is 7.89. The molecule has 1 aliphatic rings. The molecule has 9 heteroatoms. The number of sulfonamides is 1. The normalized spacial score (nSPS) is 17.6. The van der Waals surface area contributed by atoms with Gasteiger partial charge in [0.05, 0.1) is 13.0 Å².